The molecule has 0 atom stereocenters. The van der Waals surface area contributed by atoms with Crippen LogP contribution in [0.3, 0.4) is 0 Å². The molecular weight excluding hydrogens is 348 g/mol. The Morgan fingerprint density at radius 1 is 1.20 bits per heavy atom. The van der Waals surface area contributed by atoms with Crippen LogP contribution in [0.2, 0.25) is 0 Å². The molecule has 136 valence electrons. The second kappa shape index (κ2) is 11.2. The molecule has 0 aliphatic rings. The number of thiazole rings is 1. The molecule has 0 aliphatic heterocycles. The Bertz CT molecular complexity index is 653. The van der Waals surface area contributed by atoms with Gasteiger partial charge in [0.1, 0.15) is 5.01 Å². The van der Waals surface area contributed by atoms with Gasteiger partial charge in [0, 0.05) is 23.5 Å². The number of guanidine groups is 1. The lowest BCUT2D eigenvalue weighted by atomic mass is 10.2. The van der Waals surface area contributed by atoms with E-state index >= 15 is 0 Å². The molecule has 0 saturated heterocycles. The van der Waals surface area contributed by atoms with Crippen molar-refractivity contribution in [3.8, 4) is 10.6 Å². The van der Waals surface area contributed by atoms with Crippen LogP contribution in [0.25, 0.3) is 10.6 Å². The minimum Gasteiger partial charge on any atom is -0.357 e. The lowest BCUT2D eigenvalue weighted by molar-refractivity contribution is 0.734. The number of hydrogen-bond acceptors (Lipinski definition) is 4. The highest BCUT2D eigenvalue weighted by Crippen LogP contribution is 2.28. The zero-order valence-corrected chi connectivity index (χ0v) is 17.0. The Kier molecular flexibility index (Phi) is 8.83. The molecule has 0 fully saturated rings. The summed E-state index contributed by atoms with van der Waals surface area (Å²) in [7, 11) is 0. The van der Waals surface area contributed by atoms with E-state index in [0.29, 0.717) is 6.54 Å². The predicted molar refractivity (Wildman–Crippen MR) is 113 cm³/mol. The zero-order chi connectivity index (χ0) is 17.9. The molecule has 0 aliphatic carbocycles. The molecule has 2 N–H and O–H groups in total. The number of aromatic nitrogens is 1. The summed E-state index contributed by atoms with van der Waals surface area (Å²) in [6, 6.07) is 10.3. The van der Waals surface area contributed by atoms with E-state index in [9.17, 15) is 0 Å². The van der Waals surface area contributed by atoms with Gasteiger partial charge in [-0.1, -0.05) is 30.3 Å². The molecule has 25 heavy (non-hydrogen) atoms. The number of nitrogens with zero attached hydrogens (tertiary/aromatic N) is 2. The highest BCUT2D eigenvalue weighted by Gasteiger charge is 2.09. The van der Waals surface area contributed by atoms with Gasteiger partial charge in [-0.3, -0.25) is 0 Å². The Morgan fingerprint density at radius 2 is 2.00 bits per heavy atom. The molecule has 6 heteroatoms. The van der Waals surface area contributed by atoms with Gasteiger partial charge in [0.25, 0.3) is 0 Å². The van der Waals surface area contributed by atoms with Crippen LogP contribution in [0, 0.1) is 6.92 Å². The smallest absolute Gasteiger partial charge is 0.191 e. The van der Waals surface area contributed by atoms with Crippen LogP contribution >= 0.6 is 23.1 Å². The molecule has 1 aromatic heterocycles. The van der Waals surface area contributed by atoms with Crippen molar-refractivity contribution in [3.63, 3.8) is 0 Å². The molecule has 0 radical (unpaired) electrons. The minimum absolute atomic E-state index is 0.663. The molecule has 4 nitrogen and oxygen atoms in total. The molecule has 0 spiro atoms. The first-order valence-corrected chi connectivity index (χ1v) is 11.0. The van der Waals surface area contributed by atoms with E-state index in [1.165, 1.54) is 29.0 Å². The number of aryl methyl sites for hydroxylation is 1. The molecule has 0 amide bonds. The number of nitrogens with one attached hydrogen (secondary N) is 2. The van der Waals surface area contributed by atoms with Gasteiger partial charge in [-0.25, -0.2) is 9.98 Å². The number of thioether (sulfide) groups is 1. The standard InChI is InChI=1S/C19H28N4S2/c1-4-20-19(21-12-8-9-13-24-3)22-14-17-15(2)23-18(25-17)16-10-6-5-7-11-16/h5-7,10-11H,4,8-9,12-14H2,1-3H3,(H2,20,21,22). The lowest BCUT2D eigenvalue weighted by Gasteiger charge is -2.10. The van der Waals surface area contributed by atoms with Crippen LogP contribution < -0.4 is 10.6 Å². The third-order valence-electron chi connectivity index (χ3n) is 3.71. The van der Waals surface area contributed by atoms with E-state index in [-0.39, 0.29) is 0 Å². The van der Waals surface area contributed by atoms with Crippen molar-refractivity contribution in [2.24, 2.45) is 4.99 Å². The summed E-state index contributed by atoms with van der Waals surface area (Å²) in [5.74, 6) is 2.11. The van der Waals surface area contributed by atoms with Gasteiger partial charge in [0.2, 0.25) is 0 Å². The first-order chi connectivity index (χ1) is 12.2. The maximum Gasteiger partial charge on any atom is 0.191 e. The van der Waals surface area contributed by atoms with Crippen LogP contribution in [-0.4, -0.2) is 36.0 Å². The Morgan fingerprint density at radius 3 is 2.72 bits per heavy atom. The number of benzene rings is 1. The summed E-state index contributed by atoms with van der Waals surface area (Å²) in [6.45, 7) is 6.65. The molecule has 0 saturated carbocycles. The van der Waals surface area contributed by atoms with Crippen LogP contribution in [0.1, 0.15) is 30.3 Å². The first-order valence-electron chi connectivity index (χ1n) is 8.77. The van der Waals surface area contributed by atoms with Crippen molar-refractivity contribution in [1.29, 1.82) is 0 Å². The van der Waals surface area contributed by atoms with E-state index in [1.54, 1.807) is 11.3 Å². The van der Waals surface area contributed by atoms with Crippen LogP contribution in [0.4, 0.5) is 0 Å². The van der Waals surface area contributed by atoms with Gasteiger partial charge in [0.15, 0.2) is 5.96 Å². The average molecular weight is 377 g/mol. The fourth-order valence-electron chi connectivity index (χ4n) is 2.35. The summed E-state index contributed by atoms with van der Waals surface area (Å²) in [5.41, 5.74) is 2.24. The minimum atomic E-state index is 0.663. The van der Waals surface area contributed by atoms with Crippen LogP contribution in [0.5, 0.6) is 0 Å². The highest BCUT2D eigenvalue weighted by molar-refractivity contribution is 7.98. The van der Waals surface area contributed by atoms with E-state index in [1.807, 2.05) is 30.0 Å². The lowest BCUT2D eigenvalue weighted by Crippen LogP contribution is -2.37. The first kappa shape index (κ1) is 19.8. The zero-order valence-electron chi connectivity index (χ0n) is 15.3. The number of unbranched alkanes of at least 4 members (excludes halogenated alkanes) is 1. The second-order valence-corrected chi connectivity index (χ2v) is 7.78. The van der Waals surface area contributed by atoms with Gasteiger partial charge >= 0.3 is 0 Å². The third kappa shape index (κ3) is 6.71. The van der Waals surface area contributed by atoms with Crippen molar-refractivity contribution in [3.05, 3.63) is 40.9 Å². The van der Waals surface area contributed by atoms with Crippen molar-refractivity contribution in [2.75, 3.05) is 25.1 Å². The second-order valence-electron chi connectivity index (χ2n) is 5.72. The SMILES string of the molecule is CCNC(=NCc1sc(-c2ccccc2)nc1C)NCCCCSC. The highest BCUT2D eigenvalue weighted by atomic mass is 32.2. The van der Waals surface area contributed by atoms with Gasteiger partial charge in [-0.05, 0) is 38.7 Å². The summed E-state index contributed by atoms with van der Waals surface area (Å²) < 4.78 is 0. The van der Waals surface area contributed by atoms with E-state index in [2.05, 4.69) is 42.9 Å². The number of aliphatic imine (C=N–C) groups is 1. The molecule has 1 heterocycles. The maximum atomic E-state index is 4.73. The Hall–Kier alpha value is -1.53. The van der Waals surface area contributed by atoms with E-state index < -0.39 is 0 Å². The summed E-state index contributed by atoms with van der Waals surface area (Å²) in [6.07, 6.45) is 4.56. The van der Waals surface area contributed by atoms with E-state index in [0.717, 1.165) is 29.8 Å². The van der Waals surface area contributed by atoms with E-state index in [4.69, 9.17) is 9.98 Å². The molecule has 1 aromatic carbocycles. The molecule has 0 unspecified atom stereocenters. The molecular formula is C19H28N4S2. The summed E-state index contributed by atoms with van der Waals surface area (Å²) >= 11 is 3.63. The number of hydrogen-bond donors (Lipinski definition) is 2. The third-order valence-corrected chi connectivity index (χ3v) is 5.59. The van der Waals surface area contributed by atoms with Crippen LogP contribution in [-0.2, 0) is 6.54 Å². The van der Waals surface area contributed by atoms with Crippen LogP contribution in [0.15, 0.2) is 35.3 Å². The maximum absolute atomic E-state index is 4.73. The monoisotopic (exact) mass is 376 g/mol. The molecule has 2 aromatic rings. The Balaban J connectivity index is 1.96. The average Bonchev–Trinajstić information content (AvgIpc) is 3.01. The predicted octanol–water partition coefficient (Wildman–Crippen LogP) is 4.32. The fourth-order valence-corrected chi connectivity index (χ4v) is 3.83. The van der Waals surface area contributed by atoms with Gasteiger partial charge in [-0.2, -0.15) is 11.8 Å². The summed E-state index contributed by atoms with van der Waals surface area (Å²) in [4.78, 5) is 10.7. The van der Waals surface area contributed by atoms with Gasteiger partial charge < -0.3 is 10.6 Å². The fraction of sp³-hybridized carbons (Fsp3) is 0.474. The van der Waals surface area contributed by atoms with Gasteiger partial charge in [0.05, 0.1) is 12.2 Å². The normalized spacial score (nSPS) is 11.6. The largest absolute Gasteiger partial charge is 0.357 e. The van der Waals surface area contributed by atoms with Crippen molar-refractivity contribution in [2.45, 2.75) is 33.2 Å². The molecule has 2 rings (SSSR count). The Labute approximate surface area is 159 Å². The van der Waals surface area contributed by atoms with Crippen molar-refractivity contribution in [1.82, 2.24) is 15.6 Å². The van der Waals surface area contributed by atoms with Crippen molar-refractivity contribution < 1.29 is 0 Å². The van der Waals surface area contributed by atoms with Crippen molar-refractivity contribution >= 4 is 29.1 Å². The van der Waals surface area contributed by atoms with Gasteiger partial charge in [-0.15, -0.1) is 11.3 Å². The topological polar surface area (TPSA) is 49.3 Å². The quantitative estimate of drug-likeness (QED) is 0.389. The molecule has 0 bridgehead atoms. The number of rotatable bonds is 9. The summed E-state index contributed by atoms with van der Waals surface area (Å²) in [5, 5.41) is 7.81.